The van der Waals surface area contributed by atoms with E-state index in [0.717, 1.165) is 48.6 Å². The summed E-state index contributed by atoms with van der Waals surface area (Å²) in [5.74, 6) is 1.09. The van der Waals surface area contributed by atoms with Crippen LogP contribution in [0, 0.1) is 12.3 Å². The molecule has 31 heavy (non-hydrogen) atoms. The molecule has 0 fully saturated rings. The van der Waals surface area contributed by atoms with E-state index in [2.05, 4.69) is 29.4 Å². The molecule has 1 atom stereocenters. The third kappa shape index (κ3) is 6.34. The molecule has 1 heterocycles. The number of rotatable bonds is 7. The van der Waals surface area contributed by atoms with Gasteiger partial charge in [-0.05, 0) is 69.6 Å². The molecule has 2 aromatic rings. The standard InChI is InChI=1S/C24H33N3O4/c1-16-13-19-20(14-24(2,3)15-21(19)31-16)26-23(29)22(28)25-17-7-9-18(10-8-17)30-12-6-11-27(4)5/h7-10,13,20H,6,11-12,14-15H2,1-5H3,(H,25,28)(H,26,29). The Balaban J connectivity index is 1.54. The summed E-state index contributed by atoms with van der Waals surface area (Å²) >= 11 is 0. The van der Waals surface area contributed by atoms with Crippen LogP contribution in [0.4, 0.5) is 5.69 Å². The molecule has 0 saturated carbocycles. The Hall–Kier alpha value is -2.80. The van der Waals surface area contributed by atoms with Crippen molar-refractivity contribution in [2.24, 2.45) is 5.41 Å². The van der Waals surface area contributed by atoms with Gasteiger partial charge in [-0.15, -0.1) is 0 Å². The number of carbonyl (C=O) groups is 2. The molecular weight excluding hydrogens is 394 g/mol. The van der Waals surface area contributed by atoms with Gasteiger partial charge in [0.1, 0.15) is 17.3 Å². The SMILES string of the molecule is Cc1cc2c(o1)CC(C)(C)CC2NC(=O)C(=O)Nc1ccc(OCCCN(C)C)cc1. The lowest BCUT2D eigenvalue weighted by Crippen LogP contribution is -2.41. The summed E-state index contributed by atoms with van der Waals surface area (Å²) in [6.07, 6.45) is 2.50. The van der Waals surface area contributed by atoms with Gasteiger partial charge in [-0.1, -0.05) is 13.8 Å². The van der Waals surface area contributed by atoms with Gasteiger partial charge in [-0.2, -0.15) is 0 Å². The number of fused-ring (bicyclic) bond motifs is 1. The van der Waals surface area contributed by atoms with E-state index in [4.69, 9.17) is 9.15 Å². The molecule has 2 amide bonds. The monoisotopic (exact) mass is 427 g/mol. The van der Waals surface area contributed by atoms with Crippen LogP contribution in [0.5, 0.6) is 5.75 Å². The number of carbonyl (C=O) groups excluding carboxylic acids is 2. The van der Waals surface area contributed by atoms with Crippen LogP contribution in [-0.2, 0) is 16.0 Å². The summed E-state index contributed by atoms with van der Waals surface area (Å²) in [6, 6.07) is 8.74. The first kappa shape index (κ1) is 22.9. The molecule has 1 aliphatic carbocycles. The number of ether oxygens (including phenoxy) is 1. The smallest absolute Gasteiger partial charge is 0.313 e. The summed E-state index contributed by atoms with van der Waals surface area (Å²) in [5.41, 5.74) is 1.49. The molecule has 7 heteroatoms. The highest BCUT2D eigenvalue weighted by Gasteiger charge is 2.36. The molecule has 3 rings (SSSR count). The summed E-state index contributed by atoms with van der Waals surface area (Å²) in [5, 5.41) is 5.53. The van der Waals surface area contributed by atoms with Gasteiger partial charge in [0.25, 0.3) is 0 Å². The fourth-order valence-electron chi connectivity index (χ4n) is 3.93. The van der Waals surface area contributed by atoms with Crippen molar-refractivity contribution < 1.29 is 18.7 Å². The van der Waals surface area contributed by atoms with Crippen LogP contribution in [0.3, 0.4) is 0 Å². The number of benzene rings is 1. The molecule has 1 aliphatic rings. The summed E-state index contributed by atoms with van der Waals surface area (Å²) in [7, 11) is 4.05. The molecule has 2 N–H and O–H groups in total. The molecule has 1 aromatic heterocycles. The van der Waals surface area contributed by atoms with E-state index < -0.39 is 11.8 Å². The summed E-state index contributed by atoms with van der Waals surface area (Å²) in [4.78, 5) is 27.1. The van der Waals surface area contributed by atoms with E-state index in [1.807, 2.05) is 27.1 Å². The third-order valence-electron chi connectivity index (χ3n) is 5.38. The number of nitrogens with zero attached hydrogens (tertiary/aromatic N) is 1. The van der Waals surface area contributed by atoms with Crippen molar-refractivity contribution >= 4 is 17.5 Å². The Morgan fingerprint density at radius 2 is 1.90 bits per heavy atom. The van der Waals surface area contributed by atoms with Gasteiger partial charge in [0.2, 0.25) is 0 Å². The van der Waals surface area contributed by atoms with Gasteiger partial charge in [0, 0.05) is 24.2 Å². The average molecular weight is 428 g/mol. The van der Waals surface area contributed by atoms with E-state index in [0.29, 0.717) is 12.3 Å². The van der Waals surface area contributed by atoms with Crippen molar-refractivity contribution in [1.82, 2.24) is 10.2 Å². The quantitative estimate of drug-likeness (QED) is 0.520. The maximum atomic E-state index is 12.6. The number of furan rings is 1. The number of amides is 2. The Morgan fingerprint density at radius 3 is 2.58 bits per heavy atom. The zero-order valence-corrected chi connectivity index (χ0v) is 19.1. The van der Waals surface area contributed by atoms with Crippen molar-refractivity contribution in [1.29, 1.82) is 0 Å². The highest BCUT2D eigenvalue weighted by atomic mass is 16.5. The number of hydrogen-bond acceptors (Lipinski definition) is 5. The minimum absolute atomic E-state index is 0.0198. The highest BCUT2D eigenvalue weighted by molar-refractivity contribution is 6.39. The van der Waals surface area contributed by atoms with Crippen LogP contribution in [0.25, 0.3) is 0 Å². The predicted octanol–water partition coefficient (Wildman–Crippen LogP) is 3.69. The molecule has 0 spiro atoms. The van der Waals surface area contributed by atoms with E-state index in [1.54, 1.807) is 24.3 Å². The maximum absolute atomic E-state index is 12.6. The lowest BCUT2D eigenvalue weighted by molar-refractivity contribution is -0.136. The number of anilines is 1. The lowest BCUT2D eigenvalue weighted by Gasteiger charge is -2.34. The molecular formula is C24H33N3O4. The zero-order valence-electron chi connectivity index (χ0n) is 19.1. The van der Waals surface area contributed by atoms with Crippen LogP contribution in [0.15, 0.2) is 34.7 Å². The van der Waals surface area contributed by atoms with Crippen molar-refractivity contribution in [3.63, 3.8) is 0 Å². The second-order valence-corrected chi connectivity index (χ2v) is 9.29. The Labute approximate surface area is 184 Å². The van der Waals surface area contributed by atoms with Crippen molar-refractivity contribution in [3.05, 3.63) is 47.4 Å². The average Bonchev–Trinajstić information content (AvgIpc) is 3.05. The topological polar surface area (TPSA) is 83.8 Å². The van der Waals surface area contributed by atoms with Gasteiger partial charge in [-0.3, -0.25) is 9.59 Å². The van der Waals surface area contributed by atoms with Crippen LogP contribution < -0.4 is 15.4 Å². The molecule has 7 nitrogen and oxygen atoms in total. The fourth-order valence-corrected chi connectivity index (χ4v) is 3.93. The molecule has 1 aromatic carbocycles. The third-order valence-corrected chi connectivity index (χ3v) is 5.38. The minimum atomic E-state index is -0.690. The molecule has 168 valence electrons. The lowest BCUT2D eigenvalue weighted by atomic mass is 9.74. The zero-order chi connectivity index (χ0) is 22.6. The second-order valence-electron chi connectivity index (χ2n) is 9.29. The normalized spacial score (nSPS) is 17.2. The van der Waals surface area contributed by atoms with E-state index >= 15 is 0 Å². The first-order valence-corrected chi connectivity index (χ1v) is 10.7. The fraction of sp³-hybridized carbons (Fsp3) is 0.500. The maximum Gasteiger partial charge on any atom is 0.313 e. The van der Waals surface area contributed by atoms with Gasteiger partial charge < -0.3 is 24.7 Å². The van der Waals surface area contributed by atoms with Gasteiger partial charge in [0.05, 0.1) is 12.6 Å². The Kier molecular flexibility index (Phi) is 7.05. The minimum Gasteiger partial charge on any atom is -0.494 e. The molecule has 1 unspecified atom stereocenters. The number of aryl methyl sites for hydroxylation is 1. The number of hydrogen-bond donors (Lipinski definition) is 2. The Morgan fingerprint density at radius 1 is 1.19 bits per heavy atom. The Bertz CT molecular complexity index is 915. The van der Waals surface area contributed by atoms with E-state index in [9.17, 15) is 9.59 Å². The van der Waals surface area contributed by atoms with E-state index in [-0.39, 0.29) is 11.5 Å². The molecule has 0 aliphatic heterocycles. The van der Waals surface area contributed by atoms with E-state index in [1.165, 1.54) is 0 Å². The van der Waals surface area contributed by atoms with Crippen molar-refractivity contribution in [2.75, 3.05) is 32.6 Å². The van der Waals surface area contributed by atoms with Crippen LogP contribution >= 0.6 is 0 Å². The predicted molar refractivity (Wildman–Crippen MR) is 120 cm³/mol. The summed E-state index contributed by atoms with van der Waals surface area (Å²) < 4.78 is 11.5. The summed E-state index contributed by atoms with van der Waals surface area (Å²) in [6.45, 7) is 7.75. The molecule has 0 radical (unpaired) electrons. The van der Waals surface area contributed by atoms with Crippen LogP contribution in [0.1, 0.15) is 49.8 Å². The van der Waals surface area contributed by atoms with Crippen molar-refractivity contribution in [3.8, 4) is 5.75 Å². The first-order chi connectivity index (χ1) is 14.6. The van der Waals surface area contributed by atoms with Gasteiger partial charge in [-0.25, -0.2) is 0 Å². The number of nitrogens with one attached hydrogen (secondary N) is 2. The van der Waals surface area contributed by atoms with Crippen LogP contribution in [-0.4, -0.2) is 44.0 Å². The van der Waals surface area contributed by atoms with Crippen molar-refractivity contribution in [2.45, 2.75) is 46.1 Å². The molecule has 0 saturated heterocycles. The van der Waals surface area contributed by atoms with Crippen LogP contribution in [0.2, 0.25) is 0 Å². The highest BCUT2D eigenvalue weighted by Crippen LogP contribution is 2.42. The first-order valence-electron chi connectivity index (χ1n) is 10.7. The van der Waals surface area contributed by atoms with Gasteiger partial charge >= 0.3 is 11.8 Å². The second kappa shape index (κ2) is 9.56. The largest absolute Gasteiger partial charge is 0.494 e. The van der Waals surface area contributed by atoms with Gasteiger partial charge in [0.15, 0.2) is 0 Å². The molecule has 0 bridgehead atoms.